The van der Waals surface area contributed by atoms with Crippen LogP contribution in [-0.4, -0.2) is 30.3 Å². The number of ether oxygens (including phenoxy) is 1. The van der Waals surface area contributed by atoms with Crippen molar-refractivity contribution in [2.75, 3.05) is 13.1 Å². The Labute approximate surface area is 93.8 Å². The number of rotatable bonds is 5. The van der Waals surface area contributed by atoms with E-state index >= 15 is 0 Å². The van der Waals surface area contributed by atoms with Crippen LogP contribution in [0.25, 0.3) is 0 Å². The number of hydrogen-bond donors (Lipinski definition) is 2. The molecule has 1 aromatic heterocycles. The van der Waals surface area contributed by atoms with Gasteiger partial charge in [-0.1, -0.05) is 0 Å². The standard InChI is InChI=1S/C10H17N3OS/c11-3-9-1-2-10(14-9)5-12-4-8-6-15-7-13-8/h6-7,9-10,12H,1-5,11H2. The molecular weight excluding hydrogens is 210 g/mol. The molecule has 2 atom stereocenters. The van der Waals surface area contributed by atoms with Crippen LogP contribution >= 0.6 is 11.3 Å². The van der Waals surface area contributed by atoms with Crippen LogP contribution in [-0.2, 0) is 11.3 Å². The quantitative estimate of drug-likeness (QED) is 0.779. The zero-order valence-corrected chi connectivity index (χ0v) is 9.50. The van der Waals surface area contributed by atoms with Gasteiger partial charge in [0.1, 0.15) is 0 Å². The lowest BCUT2D eigenvalue weighted by Crippen LogP contribution is -2.28. The van der Waals surface area contributed by atoms with E-state index in [2.05, 4.69) is 15.7 Å². The van der Waals surface area contributed by atoms with Gasteiger partial charge in [0.2, 0.25) is 0 Å². The summed E-state index contributed by atoms with van der Waals surface area (Å²) in [6, 6.07) is 0. The second kappa shape index (κ2) is 5.55. The number of nitrogens with two attached hydrogens (primary N) is 1. The van der Waals surface area contributed by atoms with Crippen molar-refractivity contribution < 1.29 is 4.74 Å². The highest BCUT2D eigenvalue weighted by molar-refractivity contribution is 7.07. The molecule has 0 amide bonds. The van der Waals surface area contributed by atoms with Crippen molar-refractivity contribution in [2.24, 2.45) is 5.73 Å². The summed E-state index contributed by atoms with van der Waals surface area (Å²) < 4.78 is 5.72. The van der Waals surface area contributed by atoms with Gasteiger partial charge in [0.25, 0.3) is 0 Å². The van der Waals surface area contributed by atoms with E-state index in [1.807, 2.05) is 5.51 Å². The van der Waals surface area contributed by atoms with Gasteiger partial charge < -0.3 is 15.8 Å². The van der Waals surface area contributed by atoms with Crippen LogP contribution in [0.2, 0.25) is 0 Å². The molecule has 1 aliphatic heterocycles. The first-order valence-electron chi connectivity index (χ1n) is 5.32. The number of hydrogen-bond acceptors (Lipinski definition) is 5. The van der Waals surface area contributed by atoms with Crippen molar-refractivity contribution in [3.8, 4) is 0 Å². The lowest BCUT2D eigenvalue weighted by molar-refractivity contribution is 0.0503. The highest BCUT2D eigenvalue weighted by Crippen LogP contribution is 2.18. The highest BCUT2D eigenvalue weighted by Gasteiger charge is 2.23. The fraction of sp³-hybridized carbons (Fsp3) is 0.700. The van der Waals surface area contributed by atoms with Crippen LogP contribution in [0.4, 0.5) is 0 Å². The summed E-state index contributed by atoms with van der Waals surface area (Å²) >= 11 is 1.63. The Balaban J connectivity index is 1.63. The Morgan fingerprint density at radius 2 is 2.40 bits per heavy atom. The molecule has 0 saturated carbocycles. The van der Waals surface area contributed by atoms with Gasteiger partial charge in [-0.2, -0.15) is 0 Å². The van der Waals surface area contributed by atoms with Crippen LogP contribution in [0.5, 0.6) is 0 Å². The average Bonchev–Trinajstić information content (AvgIpc) is 2.88. The molecule has 15 heavy (non-hydrogen) atoms. The van der Waals surface area contributed by atoms with Crippen molar-refractivity contribution in [3.05, 3.63) is 16.6 Å². The molecule has 0 aliphatic carbocycles. The summed E-state index contributed by atoms with van der Waals surface area (Å²) in [7, 11) is 0. The first-order chi connectivity index (χ1) is 7.38. The third-order valence-electron chi connectivity index (χ3n) is 2.62. The number of nitrogens with zero attached hydrogens (tertiary/aromatic N) is 1. The third-order valence-corrected chi connectivity index (χ3v) is 3.26. The van der Waals surface area contributed by atoms with Gasteiger partial charge in [-0.05, 0) is 12.8 Å². The molecule has 3 N–H and O–H groups in total. The Hall–Kier alpha value is -0.490. The minimum Gasteiger partial charge on any atom is -0.372 e. The second-order valence-corrected chi connectivity index (χ2v) is 4.52. The molecule has 5 heteroatoms. The van der Waals surface area contributed by atoms with Crippen molar-refractivity contribution in [1.82, 2.24) is 10.3 Å². The van der Waals surface area contributed by atoms with E-state index in [9.17, 15) is 0 Å². The largest absolute Gasteiger partial charge is 0.372 e. The van der Waals surface area contributed by atoms with Crippen molar-refractivity contribution in [2.45, 2.75) is 31.6 Å². The van der Waals surface area contributed by atoms with Crippen molar-refractivity contribution in [3.63, 3.8) is 0 Å². The van der Waals surface area contributed by atoms with Crippen LogP contribution in [0.3, 0.4) is 0 Å². The Kier molecular flexibility index (Phi) is 4.08. The van der Waals surface area contributed by atoms with Gasteiger partial charge in [0, 0.05) is 25.0 Å². The Morgan fingerprint density at radius 3 is 3.07 bits per heavy atom. The molecular formula is C10H17N3OS. The van der Waals surface area contributed by atoms with E-state index in [1.54, 1.807) is 11.3 Å². The summed E-state index contributed by atoms with van der Waals surface area (Å²) in [6.07, 6.45) is 2.82. The number of aromatic nitrogens is 1. The summed E-state index contributed by atoms with van der Waals surface area (Å²) in [4.78, 5) is 4.21. The molecule has 1 aromatic rings. The van der Waals surface area contributed by atoms with E-state index in [0.29, 0.717) is 12.6 Å². The summed E-state index contributed by atoms with van der Waals surface area (Å²) in [6.45, 7) is 2.37. The maximum Gasteiger partial charge on any atom is 0.0795 e. The predicted octanol–water partition coefficient (Wildman–Crippen LogP) is 0.739. The van der Waals surface area contributed by atoms with E-state index in [4.69, 9.17) is 10.5 Å². The van der Waals surface area contributed by atoms with Gasteiger partial charge in [-0.15, -0.1) is 11.3 Å². The van der Waals surface area contributed by atoms with Gasteiger partial charge in [0.15, 0.2) is 0 Å². The lowest BCUT2D eigenvalue weighted by atomic mass is 10.2. The molecule has 0 aromatic carbocycles. The molecule has 1 aliphatic rings. The van der Waals surface area contributed by atoms with Crippen LogP contribution in [0.1, 0.15) is 18.5 Å². The highest BCUT2D eigenvalue weighted by atomic mass is 32.1. The van der Waals surface area contributed by atoms with E-state index in [1.165, 1.54) is 0 Å². The predicted molar refractivity (Wildman–Crippen MR) is 60.8 cm³/mol. The lowest BCUT2D eigenvalue weighted by Gasteiger charge is -2.12. The van der Waals surface area contributed by atoms with Gasteiger partial charge in [-0.3, -0.25) is 0 Å². The van der Waals surface area contributed by atoms with Crippen molar-refractivity contribution in [1.29, 1.82) is 0 Å². The van der Waals surface area contributed by atoms with E-state index in [-0.39, 0.29) is 6.10 Å². The van der Waals surface area contributed by atoms with Crippen molar-refractivity contribution >= 4 is 11.3 Å². The van der Waals surface area contributed by atoms with Gasteiger partial charge >= 0.3 is 0 Å². The molecule has 2 unspecified atom stereocenters. The van der Waals surface area contributed by atoms with Gasteiger partial charge in [-0.25, -0.2) is 4.98 Å². The van der Waals surface area contributed by atoms with Gasteiger partial charge in [0.05, 0.1) is 23.4 Å². The maximum absolute atomic E-state index is 5.72. The van der Waals surface area contributed by atoms with Crippen LogP contribution < -0.4 is 11.1 Å². The normalized spacial score (nSPS) is 25.9. The molecule has 0 radical (unpaired) electrons. The van der Waals surface area contributed by atoms with Crippen LogP contribution in [0, 0.1) is 0 Å². The smallest absolute Gasteiger partial charge is 0.0795 e. The minimum atomic E-state index is 0.274. The molecule has 0 spiro atoms. The SMILES string of the molecule is NCC1CCC(CNCc2cscn2)O1. The number of thiazole rings is 1. The molecule has 0 bridgehead atoms. The molecule has 2 rings (SSSR count). The van der Waals surface area contributed by atoms with E-state index in [0.717, 1.165) is 31.6 Å². The summed E-state index contributed by atoms with van der Waals surface area (Å²) in [5.74, 6) is 0. The Bertz CT molecular complexity index is 278. The summed E-state index contributed by atoms with van der Waals surface area (Å²) in [5.41, 5.74) is 8.51. The number of nitrogens with one attached hydrogen (secondary N) is 1. The average molecular weight is 227 g/mol. The molecule has 4 nitrogen and oxygen atoms in total. The zero-order chi connectivity index (χ0) is 10.5. The van der Waals surface area contributed by atoms with E-state index < -0.39 is 0 Å². The molecule has 1 saturated heterocycles. The minimum absolute atomic E-state index is 0.274. The molecule has 1 fully saturated rings. The summed E-state index contributed by atoms with van der Waals surface area (Å²) in [5, 5.41) is 5.41. The third kappa shape index (κ3) is 3.24. The maximum atomic E-state index is 5.72. The first-order valence-corrected chi connectivity index (χ1v) is 6.26. The zero-order valence-electron chi connectivity index (χ0n) is 8.69. The Morgan fingerprint density at radius 1 is 1.53 bits per heavy atom. The monoisotopic (exact) mass is 227 g/mol. The molecule has 2 heterocycles. The second-order valence-electron chi connectivity index (χ2n) is 3.80. The fourth-order valence-electron chi connectivity index (χ4n) is 1.79. The first kappa shape index (κ1) is 11.0. The van der Waals surface area contributed by atoms with Crippen LogP contribution in [0.15, 0.2) is 10.9 Å². The fourth-order valence-corrected chi connectivity index (χ4v) is 2.35. The topological polar surface area (TPSA) is 60.2 Å². The molecule has 84 valence electrons.